The van der Waals surface area contributed by atoms with E-state index in [0.29, 0.717) is 19.0 Å². The number of amides is 1. The van der Waals surface area contributed by atoms with Gasteiger partial charge in [0, 0.05) is 36.5 Å². The minimum atomic E-state index is 0.154. The van der Waals surface area contributed by atoms with Crippen LogP contribution in [-0.2, 0) is 17.6 Å². The molecular formula is C13H21N3OS. The zero-order valence-corrected chi connectivity index (χ0v) is 11.7. The van der Waals surface area contributed by atoms with Crippen LogP contribution in [0.25, 0.3) is 0 Å². The number of nitrogens with one attached hydrogen (secondary N) is 2. The van der Waals surface area contributed by atoms with E-state index < -0.39 is 0 Å². The largest absolute Gasteiger partial charge is 0.356 e. The first kappa shape index (κ1) is 13.5. The van der Waals surface area contributed by atoms with Crippen molar-refractivity contribution in [3.8, 4) is 0 Å². The Morgan fingerprint density at radius 1 is 1.67 bits per heavy atom. The SMILES string of the molecule is CCc1cnc(CCNC(=O)CC2CCCN2)s1. The highest BCUT2D eigenvalue weighted by Crippen LogP contribution is 2.13. The Bertz CT molecular complexity index is 385. The summed E-state index contributed by atoms with van der Waals surface area (Å²) >= 11 is 1.74. The number of thiazole rings is 1. The highest BCUT2D eigenvalue weighted by atomic mass is 32.1. The molecule has 0 saturated carbocycles. The van der Waals surface area contributed by atoms with Crippen molar-refractivity contribution < 1.29 is 4.79 Å². The average molecular weight is 267 g/mol. The molecule has 18 heavy (non-hydrogen) atoms. The van der Waals surface area contributed by atoms with Gasteiger partial charge in [-0.25, -0.2) is 4.98 Å². The van der Waals surface area contributed by atoms with E-state index in [1.165, 1.54) is 11.3 Å². The number of carbonyl (C=O) groups excluding carboxylic acids is 1. The Morgan fingerprint density at radius 2 is 2.56 bits per heavy atom. The highest BCUT2D eigenvalue weighted by molar-refractivity contribution is 7.11. The molecule has 0 bridgehead atoms. The fraction of sp³-hybridized carbons (Fsp3) is 0.692. The molecule has 0 aliphatic carbocycles. The smallest absolute Gasteiger partial charge is 0.221 e. The van der Waals surface area contributed by atoms with Gasteiger partial charge in [0.15, 0.2) is 0 Å². The maximum absolute atomic E-state index is 11.7. The lowest BCUT2D eigenvalue weighted by molar-refractivity contribution is -0.121. The topological polar surface area (TPSA) is 54.0 Å². The molecule has 1 amide bonds. The van der Waals surface area contributed by atoms with Crippen LogP contribution < -0.4 is 10.6 Å². The molecule has 2 rings (SSSR count). The minimum Gasteiger partial charge on any atom is -0.356 e. The lowest BCUT2D eigenvalue weighted by Gasteiger charge is -2.09. The zero-order chi connectivity index (χ0) is 12.8. The van der Waals surface area contributed by atoms with Crippen LogP contribution >= 0.6 is 11.3 Å². The molecule has 1 atom stereocenters. The third-order valence-electron chi connectivity index (χ3n) is 3.21. The molecule has 4 nitrogen and oxygen atoms in total. The van der Waals surface area contributed by atoms with Crippen molar-refractivity contribution in [3.05, 3.63) is 16.1 Å². The van der Waals surface area contributed by atoms with Crippen LogP contribution in [-0.4, -0.2) is 30.0 Å². The van der Waals surface area contributed by atoms with Gasteiger partial charge in [-0.15, -0.1) is 11.3 Å². The summed E-state index contributed by atoms with van der Waals surface area (Å²) in [7, 11) is 0. The fourth-order valence-electron chi connectivity index (χ4n) is 2.16. The van der Waals surface area contributed by atoms with Crippen molar-refractivity contribution in [2.45, 2.75) is 45.1 Å². The summed E-state index contributed by atoms with van der Waals surface area (Å²) < 4.78 is 0. The third-order valence-corrected chi connectivity index (χ3v) is 4.41. The molecule has 1 aliphatic rings. The Morgan fingerprint density at radius 3 is 3.22 bits per heavy atom. The van der Waals surface area contributed by atoms with Crippen molar-refractivity contribution in [2.24, 2.45) is 0 Å². The van der Waals surface area contributed by atoms with Crippen molar-refractivity contribution in [1.29, 1.82) is 0 Å². The maximum Gasteiger partial charge on any atom is 0.221 e. The van der Waals surface area contributed by atoms with E-state index in [1.807, 2.05) is 6.20 Å². The van der Waals surface area contributed by atoms with Crippen LogP contribution in [0.3, 0.4) is 0 Å². The summed E-state index contributed by atoms with van der Waals surface area (Å²) in [6, 6.07) is 0.386. The summed E-state index contributed by atoms with van der Waals surface area (Å²) in [5.41, 5.74) is 0. The van der Waals surface area contributed by atoms with Gasteiger partial charge in [-0.1, -0.05) is 6.92 Å². The van der Waals surface area contributed by atoms with Crippen LogP contribution in [0.4, 0.5) is 0 Å². The lowest BCUT2D eigenvalue weighted by atomic mass is 10.1. The number of aryl methyl sites for hydroxylation is 1. The fourth-order valence-corrected chi connectivity index (χ4v) is 3.02. The van der Waals surface area contributed by atoms with E-state index in [2.05, 4.69) is 22.5 Å². The number of aromatic nitrogens is 1. The number of rotatable bonds is 6. The number of carbonyl (C=O) groups is 1. The van der Waals surface area contributed by atoms with Gasteiger partial charge in [-0.3, -0.25) is 4.79 Å². The molecule has 2 N–H and O–H groups in total. The first-order valence-electron chi connectivity index (χ1n) is 6.71. The second-order valence-corrected chi connectivity index (χ2v) is 5.87. The van der Waals surface area contributed by atoms with E-state index in [1.54, 1.807) is 11.3 Å². The first-order valence-corrected chi connectivity index (χ1v) is 7.53. The van der Waals surface area contributed by atoms with Gasteiger partial charge in [-0.05, 0) is 25.8 Å². The summed E-state index contributed by atoms with van der Waals surface area (Å²) in [4.78, 5) is 17.3. The number of nitrogens with zero attached hydrogens (tertiary/aromatic N) is 1. The second-order valence-electron chi connectivity index (χ2n) is 4.67. The summed E-state index contributed by atoms with van der Waals surface area (Å²) in [5.74, 6) is 0.154. The van der Waals surface area contributed by atoms with Crippen LogP contribution in [0.15, 0.2) is 6.20 Å². The number of hydrogen-bond acceptors (Lipinski definition) is 4. The summed E-state index contributed by atoms with van der Waals surface area (Å²) in [5, 5.41) is 7.43. The van der Waals surface area contributed by atoms with Crippen LogP contribution in [0.5, 0.6) is 0 Å². The molecule has 0 aromatic carbocycles. The van der Waals surface area contributed by atoms with Crippen LogP contribution in [0.2, 0.25) is 0 Å². The molecule has 0 spiro atoms. The van der Waals surface area contributed by atoms with Gasteiger partial charge in [0.25, 0.3) is 0 Å². The quantitative estimate of drug-likeness (QED) is 0.821. The molecule has 1 unspecified atom stereocenters. The molecule has 1 aromatic heterocycles. The van der Waals surface area contributed by atoms with Crippen molar-refractivity contribution in [1.82, 2.24) is 15.6 Å². The van der Waals surface area contributed by atoms with E-state index in [-0.39, 0.29) is 5.91 Å². The van der Waals surface area contributed by atoms with E-state index >= 15 is 0 Å². The van der Waals surface area contributed by atoms with Gasteiger partial charge >= 0.3 is 0 Å². The molecular weight excluding hydrogens is 246 g/mol. The molecule has 0 radical (unpaired) electrons. The molecule has 2 heterocycles. The molecule has 1 fully saturated rings. The van der Waals surface area contributed by atoms with Gasteiger partial charge in [0.1, 0.15) is 0 Å². The average Bonchev–Trinajstić information content (AvgIpc) is 3.00. The predicted molar refractivity (Wildman–Crippen MR) is 73.8 cm³/mol. The van der Waals surface area contributed by atoms with Crippen molar-refractivity contribution in [3.63, 3.8) is 0 Å². The van der Waals surface area contributed by atoms with E-state index in [9.17, 15) is 4.79 Å². The Hall–Kier alpha value is -0.940. The normalized spacial score (nSPS) is 19.1. The third kappa shape index (κ3) is 4.07. The van der Waals surface area contributed by atoms with Gasteiger partial charge in [0.05, 0.1) is 5.01 Å². The molecule has 1 saturated heterocycles. The van der Waals surface area contributed by atoms with E-state index in [4.69, 9.17) is 0 Å². The van der Waals surface area contributed by atoms with Gasteiger partial charge in [0.2, 0.25) is 5.91 Å². The summed E-state index contributed by atoms with van der Waals surface area (Å²) in [6.07, 6.45) is 6.74. The number of hydrogen-bond donors (Lipinski definition) is 2. The van der Waals surface area contributed by atoms with Crippen molar-refractivity contribution in [2.75, 3.05) is 13.1 Å². The minimum absolute atomic E-state index is 0.154. The Balaban J connectivity index is 1.63. The van der Waals surface area contributed by atoms with E-state index in [0.717, 1.165) is 30.8 Å². The molecule has 1 aliphatic heterocycles. The van der Waals surface area contributed by atoms with Crippen LogP contribution in [0, 0.1) is 0 Å². The Labute approximate surface area is 112 Å². The maximum atomic E-state index is 11.7. The zero-order valence-electron chi connectivity index (χ0n) is 10.9. The predicted octanol–water partition coefficient (Wildman–Crippen LogP) is 1.51. The molecule has 5 heteroatoms. The van der Waals surface area contributed by atoms with Gasteiger partial charge < -0.3 is 10.6 Å². The Kier molecular flexibility index (Phi) is 5.13. The first-order chi connectivity index (χ1) is 8.78. The van der Waals surface area contributed by atoms with Gasteiger partial charge in [-0.2, -0.15) is 0 Å². The summed E-state index contributed by atoms with van der Waals surface area (Å²) in [6.45, 7) is 3.88. The standard InChI is InChI=1S/C13H21N3OS/c1-2-11-9-16-13(18-11)5-7-15-12(17)8-10-4-3-6-14-10/h9-10,14H,2-8H2,1H3,(H,15,17). The molecule has 100 valence electrons. The highest BCUT2D eigenvalue weighted by Gasteiger charge is 2.17. The van der Waals surface area contributed by atoms with Crippen molar-refractivity contribution >= 4 is 17.2 Å². The van der Waals surface area contributed by atoms with Crippen LogP contribution in [0.1, 0.15) is 36.1 Å². The monoisotopic (exact) mass is 267 g/mol. The second kappa shape index (κ2) is 6.85. The lowest BCUT2D eigenvalue weighted by Crippen LogP contribution is -2.32. The molecule has 1 aromatic rings.